The lowest BCUT2D eigenvalue weighted by Gasteiger charge is -2.18. The number of H-pyrrole nitrogens is 1. The number of pyridine rings is 1. The Morgan fingerprint density at radius 1 is 1.48 bits per heavy atom. The lowest BCUT2D eigenvalue weighted by Crippen LogP contribution is -2.33. The van der Waals surface area contributed by atoms with Crippen molar-refractivity contribution in [2.24, 2.45) is 0 Å². The maximum Gasteiger partial charge on any atom is 0.277 e. The Kier molecular flexibility index (Phi) is 3.21. The van der Waals surface area contributed by atoms with Crippen LogP contribution in [0.5, 0.6) is 0 Å². The number of hydrogen-bond donors (Lipinski definition) is 5. The molecule has 3 rings (SSSR count). The van der Waals surface area contributed by atoms with E-state index in [9.17, 15) is 15.0 Å². The summed E-state index contributed by atoms with van der Waals surface area (Å²) in [4.78, 5) is 18.3. The third kappa shape index (κ3) is 1.94. The van der Waals surface area contributed by atoms with E-state index in [-0.39, 0.29) is 11.3 Å². The molecule has 1 aliphatic heterocycles. The van der Waals surface area contributed by atoms with E-state index in [4.69, 9.17) is 15.6 Å². The van der Waals surface area contributed by atoms with Gasteiger partial charge in [-0.25, -0.2) is 4.98 Å². The van der Waals surface area contributed by atoms with E-state index in [1.165, 1.54) is 10.9 Å². The molecule has 4 unspecified atom stereocenters. The molecule has 2 aromatic rings. The third-order valence-electron chi connectivity index (χ3n) is 3.81. The average molecular weight is 296 g/mol. The monoisotopic (exact) mass is 296 g/mol. The predicted octanol–water partition coefficient (Wildman–Crippen LogP) is -1.77. The van der Waals surface area contributed by atoms with Crippen LogP contribution < -0.4 is 11.3 Å². The number of aryl methyl sites for hydroxylation is 1. The predicted molar refractivity (Wildman–Crippen MR) is 72.5 cm³/mol. The Morgan fingerprint density at radius 3 is 2.81 bits per heavy atom. The lowest BCUT2D eigenvalue weighted by molar-refractivity contribution is -0.0509. The first-order valence-electron chi connectivity index (χ1n) is 6.43. The van der Waals surface area contributed by atoms with Crippen molar-refractivity contribution in [3.63, 3.8) is 0 Å². The van der Waals surface area contributed by atoms with Crippen LogP contribution in [0.15, 0.2) is 11.1 Å². The van der Waals surface area contributed by atoms with Gasteiger partial charge in [0, 0.05) is 5.56 Å². The highest BCUT2D eigenvalue weighted by atomic mass is 16.6. The summed E-state index contributed by atoms with van der Waals surface area (Å²) in [6, 6.07) is 0. The zero-order valence-electron chi connectivity index (χ0n) is 11.2. The number of aromatic amines is 1. The number of nitrogen functional groups attached to an aromatic ring is 1. The maximum atomic E-state index is 11.8. The minimum absolute atomic E-state index is 0.166. The number of imidazole rings is 1. The van der Waals surface area contributed by atoms with Crippen molar-refractivity contribution >= 4 is 16.9 Å². The van der Waals surface area contributed by atoms with Gasteiger partial charge in [0.05, 0.1) is 18.5 Å². The van der Waals surface area contributed by atoms with Crippen molar-refractivity contribution in [3.05, 3.63) is 22.2 Å². The smallest absolute Gasteiger partial charge is 0.277 e. The van der Waals surface area contributed by atoms with Gasteiger partial charge in [0.15, 0.2) is 11.7 Å². The number of rotatable bonds is 2. The molecule has 4 atom stereocenters. The van der Waals surface area contributed by atoms with Crippen LogP contribution in [0, 0.1) is 6.92 Å². The van der Waals surface area contributed by atoms with Crippen LogP contribution in [-0.2, 0) is 4.74 Å². The van der Waals surface area contributed by atoms with Gasteiger partial charge in [0.1, 0.15) is 24.1 Å². The number of ether oxygens (including phenoxy) is 1. The fourth-order valence-corrected chi connectivity index (χ4v) is 2.60. The minimum atomic E-state index is -1.25. The van der Waals surface area contributed by atoms with E-state index >= 15 is 0 Å². The molecule has 9 nitrogen and oxygen atoms in total. The van der Waals surface area contributed by atoms with Crippen LogP contribution in [0.4, 0.5) is 5.82 Å². The Morgan fingerprint density at radius 2 is 2.19 bits per heavy atom. The number of nitrogens with two attached hydrogens (primary N) is 1. The second kappa shape index (κ2) is 4.81. The summed E-state index contributed by atoms with van der Waals surface area (Å²) >= 11 is 0. The van der Waals surface area contributed by atoms with Crippen molar-refractivity contribution in [2.45, 2.75) is 31.5 Å². The molecule has 114 valence electrons. The maximum absolute atomic E-state index is 11.8. The number of aliphatic hydroxyl groups excluding tert-OH is 3. The van der Waals surface area contributed by atoms with Crippen LogP contribution in [0.2, 0.25) is 0 Å². The quantitative estimate of drug-likeness (QED) is 0.440. The second-order valence-corrected chi connectivity index (χ2v) is 5.07. The Hall–Kier alpha value is -1.94. The number of anilines is 1. The lowest BCUT2D eigenvalue weighted by atomic mass is 10.1. The molecule has 0 aliphatic carbocycles. The van der Waals surface area contributed by atoms with Gasteiger partial charge in [-0.15, -0.1) is 0 Å². The first kappa shape index (κ1) is 14.0. The Balaban J connectivity index is 2.16. The highest BCUT2D eigenvalue weighted by Crippen LogP contribution is 2.32. The third-order valence-corrected chi connectivity index (χ3v) is 3.81. The van der Waals surface area contributed by atoms with Gasteiger partial charge < -0.3 is 35.3 Å². The minimum Gasteiger partial charge on any atom is -0.394 e. The van der Waals surface area contributed by atoms with E-state index in [0.717, 1.165) is 0 Å². The fourth-order valence-electron chi connectivity index (χ4n) is 2.60. The van der Waals surface area contributed by atoms with E-state index < -0.39 is 36.7 Å². The summed E-state index contributed by atoms with van der Waals surface area (Å²) in [5.74, 6) is 0.195. The molecule has 0 bridgehead atoms. The molecular formula is C12H16N4O5. The molecule has 0 spiro atoms. The summed E-state index contributed by atoms with van der Waals surface area (Å²) in [6.07, 6.45) is -2.99. The fraction of sp³-hybridized carbons (Fsp3) is 0.500. The standard InChI is InChI=1S/C12H16N4O5/c1-4-7-6(11(20)15-10(4)13)14-3-16(7)12-9(19)8(18)5(2-17)21-12/h3,5,8-9,12,17-19H,2H2,1H3,(H3,13,15,20). The summed E-state index contributed by atoms with van der Waals surface area (Å²) in [5, 5.41) is 29.0. The zero-order valence-corrected chi connectivity index (χ0v) is 11.2. The molecule has 3 heterocycles. The SMILES string of the molecule is Cc1c(N)[nH]c(=O)c2ncn(C3OC(CO)C(O)C3O)c12. The van der Waals surface area contributed by atoms with Crippen LogP contribution in [0.1, 0.15) is 11.8 Å². The molecule has 9 heteroatoms. The number of fused-ring (bicyclic) bond motifs is 1. The highest BCUT2D eigenvalue weighted by Gasteiger charge is 2.43. The molecule has 1 aliphatic rings. The first-order valence-corrected chi connectivity index (χ1v) is 6.43. The molecular weight excluding hydrogens is 280 g/mol. The van der Waals surface area contributed by atoms with E-state index in [1.807, 2.05) is 0 Å². The number of aliphatic hydroxyl groups is 3. The number of nitrogens with zero attached hydrogens (tertiary/aromatic N) is 2. The Bertz CT molecular complexity index is 739. The van der Waals surface area contributed by atoms with Gasteiger partial charge >= 0.3 is 0 Å². The van der Waals surface area contributed by atoms with Crippen molar-refractivity contribution in [2.75, 3.05) is 12.3 Å². The van der Waals surface area contributed by atoms with E-state index in [1.54, 1.807) is 6.92 Å². The first-order chi connectivity index (χ1) is 9.95. The summed E-state index contributed by atoms with van der Waals surface area (Å²) in [5.41, 5.74) is 6.47. The van der Waals surface area contributed by atoms with Crippen molar-refractivity contribution in [1.82, 2.24) is 14.5 Å². The van der Waals surface area contributed by atoms with E-state index in [2.05, 4.69) is 9.97 Å². The summed E-state index contributed by atoms with van der Waals surface area (Å²) in [6.45, 7) is 1.27. The zero-order chi connectivity index (χ0) is 15.3. The number of hydrogen-bond acceptors (Lipinski definition) is 7. The molecule has 0 amide bonds. The molecule has 0 aromatic carbocycles. The normalized spacial score (nSPS) is 29.3. The molecule has 6 N–H and O–H groups in total. The molecule has 1 saturated heterocycles. The molecule has 0 radical (unpaired) electrons. The molecule has 2 aromatic heterocycles. The van der Waals surface area contributed by atoms with Gasteiger partial charge in [-0.3, -0.25) is 4.79 Å². The van der Waals surface area contributed by atoms with Crippen LogP contribution in [-0.4, -0.2) is 54.8 Å². The van der Waals surface area contributed by atoms with Gasteiger partial charge in [0.25, 0.3) is 5.56 Å². The Labute approximate surface area is 118 Å². The highest BCUT2D eigenvalue weighted by molar-refractivity contribution is 5.81. The largest absolute Gasteiger partial charge is 0.394 e. The molecule has 1 fully saturated rings. The van der Waals surface area contributed by atoms with Gasteiger partial charge in [-0.1, -0.05) is 0 Å². The summed E-state index contributed by atoms with van der Waals surface area (Å²) < 4.78 is 6.89. The van der Waals surface area contributed by atoms with Gasteiger partial charge in [-0.05, 0) is 6.92 Å². The molecule has 21 heavy (non-hydrogen) atoms. The van der Waals surface area contributed by atoms with Gasteiger partial charge in [0.2, 0.25) is 0 Å². The van der Waals surface area contributed by atoms with Crippen LogP contribution >= 0.6 is 0 Å². The van der Waals surface area contributed by atoms with Crippen LogP contribution in [0.3, 0.4) is 0 Å². The number of aromatic nitrogens is 3. The van der Waals surface area contributed by atoms with Crippen molar-refractivity contribution < 1.29 is 20.1 Å². The van der Waals surface area contributed by atoms with E-state index in [0.29, 0.717) is 11.1 Å². The average Bonchev–Trinajstić information content (AvgIpc) is 3.00. The second-order valence-electron chi connectivity index (χ2n) is 5.07. The van der Waals surface area contributed by atoms with Crippen molar-refractivity contribution in [3.8, 4) is 0 Å². The topological polar surface area (TPSA) is 147 Å². The van der Waals surface area contributed by atoms with Crippen molar-refractivity contribution in [1.29, 1.82) is 0 Å². The summed E-state index contributed by atoms with van der Waals surface area (Å²) in [7, 11) is 0. The van der Waals surface area contributed by atoms with Gasteiger partial charge in [-0.2, -0.15) is 0 Å². The van der Waals surface area contributed by atoms with Crippen LogP contribution in [0.25, 0.3) is 11.0 Å². The molecule has 0 saturated carbocycles. The number of nitrogens with one attached hydrogen (secondary N) is 1.